The highest BCUT2D eigenvalue weighted by atomic mass is 19.4. The van der Waals surface area contributed by atoms with Gasteiger partial charge in [0.2, 0.25) is 5.82 Å². The number of hydrogen-bond acceptors (Lipinski definition) is 7. The Hall–Kier alpha value is -4.68. The largest absolute Gasteiger partial charge is 0.451 e. The number of hydrogen-bond donors (Lipinski definition) is 2. The van der Waals surface area contributed by atoms with Crippen LogP contribution in [0.5, 0.6) is 0 Å². The molecule has 0 aliphatic carbocycles. The van der Waals surface area contributed by atoms with E-state index < -0.39 is 23.9 Å². The molecule has 3 aromatic heterocycles. The molecule has 0 spiro atoms. The SMILES string of the molecule is CC(/C(C=N)=C/Nc1ccccc1F)n1cc(-c2cnc(C(F)(F)F)nc2)c2c(/N=C/N(C)C)ncnc21. The van der Waals surface area contributed by atoms with E-state index in [1.54, 1.807) is 54.9 Å². The van der Waals surface area contributed by atoms with E-state index in [0.29, 0.717) is 27.7 Å². The van der Waals surface area contributed by atoms with Crippen LogP contribution in [-0.2, 0) is 6.18 Å². The van der Waals surface area contributed by atoms with E-state index >= 15 is 0 Å². The van der Waals surface area contributed by atoms with Crippen molar-refractivity contribution in [2.75, 3.05) is 19.4 Å². The third-order valence-electron chi connectivity index (χ3n) is 5.55. The summed E-state index contributed by atoms with van der Waals surface area (Å²) in [6.45, 7) is 1.80. The van der Waals surface area contributed by atoms with Gasteiger partial charge >= 0.3 is 6.18 Å². The second-order valence-electron chi connectivity index (χ2n) is 8.44. The molecule has 9 nitrogen and oxygen atoms in total. The molecule has 13 heteroatoms. The zero-order valence-electron chi connectivity index (χ0n) is 20.6. The molecule has 0 saturated heterocycles. The van der Waals surface area contributed by atoms with Crippen molar-refractivity contribution in [1.82, 2.24) is 29.4 Å². The summed E-state index contributed by atoms with van der Waals surface area (Å²) >= 11 is 0. The first-order valence-corrected chi connectivity index (χ1v) is 11.3. The lowest BCUT2D eigenvalue weighted by molar-refractivity contribution is -0.144. The maximum atomic E-state index is 14.1. The van der Waals surface area contributed by atoms with E-state index in [1.807, 2.05) is 0 Å². The van der Waals surface area contributed by atoms with Gasteiger partial charge in [0, 0.05) is 61.8 Å². The average molecular weight is 526 g/mol. The fourth-order valence-corrected chi connectivity index (χ4v) is 3.65. The number of aromatic nitrogens is 5. The molecular weight excluding hydrogens is 502 g/mol. The molecule has 0 amide bonds. The second-order valence-corrected chi connectivity index (χ2v) is 8.44. The van der Waals surface area contributed by atoms with E-state index in [4.69, 9.17) is 5.41 Å². The topological polar surface area (TPSA) is 108 Å². The van der Waals surface area contributed by atoms with Crippen molar-refractivity contribution in [3.05, 3.63) is 72.6 Å². The minimum absolute atomic E-state index is 0.238. The summed E-state index contributed by atoms with van der Waals surface area (Å²) in [7, 11) is 3.56. The number of nitrogens with zero attached hydrogens (tertiary/aromatic N) is 7. The number of aliphatic imine (C=N–C) groups is 1. The number of anilines is 1. The van der Waals surface area contributed by atoms with Crippen molar-refractivity contribution in [2.45, 2.75) is 19.1 Å². The van der Waals surface area contributed by atoms with Gasteiger partial charge in [-0.25, -0.2) is 29.3 Å². The highest BCUT2D eigenvalue weighted by Crippen LogP contribution is 2.37. The van der Waals surface area contributed by atoms with Crippen molar-refractivity contribution in [3.63, 3.8) is 0 Å². The number of allylic oxidation sites excluding steroid dienone is 1. The molecule has 0 fully saturated rings. The Morgan fingerprint density at radius 1 is 1.13 bits per heavy atom. The van der Waals surface area contributed by atoms with Gasteiger partial charge in [0.15, 0.2) is 5.82 Å². The van der Waals surface area contributed by atoms with Crippen LogP contribution in [0, 0.1) is 11.2 Å². The minimum atomic E-state index is -4.68. The predicted octanol–water partition coefficient (Wildman–Crippen LogP) is 5.47. The zero-order valence-corrected chi connectivity index (χ0v) is 20.6. The van der Waals surface area contributed by atoms with Crippen molar-refractivity contribution >= 4 is 35.1 Å². The van der Waals surface area contributed by atoms with Gasteiger partial charge in [-0.15, -0.1) is 0 Å². The van der Waals surface area contributed by atoms with Crippen molar-refractivity contribution < 1.29 is 17.6 Å². The Morgan fingerprint density at radius 2 is 1.84 bits per heavy atom. The quantitative estimate of drug-likeness (QED) is 0.179. The van der Waals surface area contributed by atoms with Crippen LogP contribution in [0.2, 0.25) is 0 Å². The van der Waals surface area contributed by atoms with E-state index in [0.717, 1.165) is 18.6 Å². The molecule has 0 saturated carbocycles. The fraction of sp³-hybridized carbons (Fsp3) is 0.200. The molecule has 3 heterocycles. The maximum absolute atomic E-state index is 14.1. The summed E-state index contributed by atoms with van der Waals surface area (Å²) in [5.74, 6) is -1.42. The van der Waals surface area contributed by atoms with Gasteiger partial charge in [0.05, 0.1) is 23.5 Å². The van der Waals surface area contributed by atoms with Gasteiger partial charge < -0.3 is 20.2 Å². The monoisotopic (exact) mass is 525 g/mol. The Bertz CT molecular complexity index is 1510. The Morgan fingerprint density at radius 3 is 2.47 bits per heavy atom. The van der Waals surface area contributed by atoms with Gasteiger partial charge in [-0.2, -0.15) is 13.2 Å². The van der Waals surface area contributed by atoms with Crippen molar-refractivity contribution in [1.29, 1.82) is 5.41 Å². The van der Waals surface area contributed by atoms with Crippen LogP contribution < -0.4 is 5.32 Å². The molecule has 4 rings (SSSR count). The molecule has 1 unspecified atom stereocenters. The number of fused-ring (bicyclic) bond motifs is 1. The van der Waals surface area contributed by atoms with Crippen molar-refractivity contribution in [2.24, 2.45) is 4.99 Å². The molecule has 0 bridgehead atoms. The summed E-state index contributed by atoms with van der Waals surface area (Å²) in [4.78, 5) is 21.7. The minimum Gasteiger partial charge on any atom is -0.369 e. The zero-order chi connectivity index (χ0) is 27.4. The van der Waals surface area contributed by atoms with Crippen LogP contribution in [0.4, 0.5) is 29.1 Å². The third kappa shape index (κ3) is 5.51. The first-order chi connectivity index (χ1) is 18.1. The lowest BCUT2D eigenvalue weighted by Crippen LogP contribution is -2.10. The van der Waals surface area contributed by atoms with Crippen LogP contribution in [-0.4, -0.2) is 56.1 Å². The summed E-state index contributed by atoms with van der Waals surface area (Å²) < 4.78 is 54.9. The summed E-state index contributed by atoms with van der Waals surface area (Å²) in [5.41, 5.74) is 1.89. The van der Waals surface area contributed by atoms with Gasteiger partial charge in [-0.05, 0) is 19.1 Å². The number of para-hydroxylation sites is 1. The van der Waals surface area contributed by atoms with Gasteiger partial charge in [-0.3, -0.25) is 0 Å². The molecule has 38 heavy (non-hydrogen) atoms. The average Bonchev–Trinajstić information content (AvgIpc) is 3.28. The first kappa shape index (κ1) is 26.4. The highest BCUT2D eigenvalue weighted by Gasteiger charge is 2.34. The van der Waals surface area contributed by atoms with E-state index in [2.05, 4.69) is 30.2 Å². The van der Waals surface area contributed by atoms with Crippen LogP contribution in [0.15, 0.2) is 65.9 Å². The molecular formula is C25H23F4N9. The molecule has 1 atom stereocenters. The smallest absolute Gasteiger partial charge is 0.369 e. The number of nitrogens with one attached hydrogen (secondary N) is 2. The van der Waals surface area contributed by atoms with Crippen LogP contribution in [0.3, 0.4) is 0 Å². The standard InChI is InChI=1S/C25H23F4N9/c1-15(16(8-30)9-31-20-7-5-4-6-19(20)26)38-12-18(17-10-32-24(33-11-17)25(27,28)29)21-22(36-14-37(2)3)34-13-35-23(21)38/h4-15,30-31H,1-3H3/b16-9+,30-8?,36-14+. The molecule has 196 valence electrons. The molecule has 2 N–H and O–H groups in total. The third-order valence-corrected chi connectivity index (χ3v) is 5.55. The Labute approximate surface area is 215 Å². The molecule has 4 aromatic rings. The molecule has 0 radical (unpaired) electrons. The number of halogens is 4. The number of benzene rings is 1. The molecule has 0 aliphatic rings. The normalized spacial score (nSPS) is 13.2. The molecule has 0 aliphatic heterocycles. The lowest BCUT2D eigenvalue weighted by Gasteiger charge is -2.16. The fourth-order valence-electron chi connectivity index (χ4n) is 3.65. The number of rotatable bonds is 8. The highest BCUT2D eigenvalue weighted by molar-refractivity contribution is 6.01. The summed E-state index contributed by atoms with van der Waals surface area (Å²) in [6, 6.07) is 5.62. The number of alkyl halides is 3. The van der Waals surface area contributed by atoms with E-state index in [-0.39, 0.29) is 11.5 Å². The second kappa shape index (κ2) is 10.7. The van der Waals surface area contributed by atoms with Gasteiger partial charge in [0.1, 0.15) is 17.8 Å². The predicted molar refractivity (Wildman–Crippen MR) is 137 cm³/mol. The van der Waals surface area contributed by atoms with E-state index in [1.165, 1.54) is 24.9 Å². The van der Waals surface area contributed by atoms with Gasteiger partial charge in [0.25, 0.3) is 0 Å². The van der Waals surface area contributed by atoms with Crippen molar-refractivity contribution in [3.8, 4) is 11.1 Å². The van der Waals surface area contributed by atoms with Crippen LogP contribution in [0.1, 0.15) is 18.8 Å². The lowest BCUT2D eigenvalue weighted by atomic mass is 10.1. The molecule has 1 aromatic carbocycles. The van der Waals surface area contributed by atoms with E-state index in [9.17, 15) is 17.6 Å². The van der Waals surface area contributed by atoms with Crippen LogP contribution >= 0.6 is 0 Å². The van der Waals surface area contributed by atoms with Gasteiger partial charge in [-0.1, -0.05) is 12.1 Å². The Kier molecular flexibility index (Phi) is 7.46. The summed E-state index contributed by atoms with van der Waals surface area (Å²) in [5, 5.41) is 11.3. The Balaban J connectivity index is 1.85. The van der Waals surface area contributed by atoms with Crippen LogP contribution in [0.25, 0.3) is 22.2 Å². The first-order valence-electron chi connectivity index (χ1n) is 11.3. The maximum Gasteiger partial charge on any atom is 0.451 e. The summed E-state index contributed by atoms with van der Waals surface area (Å²) in [6.07, 6.45) is 4.65.